The van der Waals surface area contributed by atoms with Gasteiger partial charge in [-0.15, -0.1) is 0 Å². The minimum atomic E-state index is -0.532. The van der Waals surface area contributed by atoms with Crippen molar-refractivity contribution in [3.63, 3.8) is 0 Å². The van der Waals surface area contributed by atoms with Gasteiger partial charge in [-0.25, -0.2) is 4.98 Å². The first-order chi connectivity index (χ1) is 9.69. The maximum Gasteiger partial charge on any atom is 0.313 e. The fourth-order valence-corrected chi connectivity index (χ4v) is 2.20. The van der Waals surface area contributed by atoms with Gasteiger partial charge in [0.25, 0.3) is 0 Å². The van der Waals surface area contributed by atoms with Crippen molar-refractivity contribution >= 4 is 33.7 Å². The number of Topliss-reactive ketones (excluding diaryl/α,β-unsaturated/α-hetero) is 1. The van der Waals surface area contributed by atoms with Crippen LogP contribution in [0.4, 0.5) is 0 Å². The van der Waals surface area contributed by atoms with Gasteiger partial charge >= 0.3 is 5.97 Å². The molecule has 5 nitrogen and oxygen atoms in total. The summed E-state index contributed by atoms with van der Waals surface area (Å²) in [4.78, 5) is 30.6. The number of ether oxygens (including phenoxy) is 1. The maximum absolute atomic E-state index is 12.0. The van der Waals surface area contributed by atoms with Crippen LogP contribution in [0.2, 0.25) is 0 Å². The van der Waals surface area contributed by atoms with Crippen molar-refractivity contribution in [2.75, 3.05) is 7.11 Å². The number of benzene rings is 1. The molecule has 0 spiro atoms. The number of carbonyl (C=O) groups is 2. The molecule has 3 aromatic rings. The molecule has 0 saturated heterocycles. The summed E-state index contributed by atoms with van der Waals surface area (Å²) >= 11 is 0. The van der Waals surface area contributed by atoms with Crippen molar-refractivity contribution in [1.29, 1.82) is 0 Å². The van der Waals surface area contributed by atoms with E-state index in [1.165, 1.54) is 7.11 Å². The Bertz CT molecular complexity index is 820. The highest BCUT2D eigenvalue weighted by molar-refractivity contribution is 6.11. The van der Waals surface area contributed by atoms with Gasteiger partial charge in [0.2, 0.25) is 0 Å². The van der Waals surface area contributed by atoms with E-state index in [1.54, 1.807) is 18.3 Å². The number of aromatic amines is 1. The van der Waals surface area contributed by atoms with Crippen molar-refractivity contribution in [2.24, 2.45) is 0 Å². The molecule has 3 rings (SSSR count). The number of pyridine rings is 1. The highest BCUT2D eigenvalue weighted by Crippen LogP contribution is 2.25. The van der Waals surface area contributed by atoms with Crippen LogP contribution in [0, 0.1) is 0 Å². The average molecular weight is 268 g/mol. The first-order valence-corrected chi connectivity index (χ1v) is 6.15. The Labute approximate surface area is 114 Å². The van der Waals surface area contributed by atoms with E-state index in [9.17, 15) is 9.59 Å². The molecule has 2 aromatic heterocycles. The van der Waals surface area contributed by atoms with Crippen LogP contribution in [0.25, 0.3) is 21.9 Å². The van der Waals surface area contributed by atoms with Crippen LogP contribution in [-0.2, 0) is 9.53 Å². The molecule has 0 amide bonds. The molecule has 100 valence electrons. The Morgan fingerprint density at radius 2 is 2.10 bits per heavy atom. The SMILES string of the molecule is COC(=O)CC(=O)c1ccc2[nH]c3ncccc3c2c1. The van der Waals surface area contributed by atoms with Crippen LogP contribution in [0.1, 0.15) is 16.8 Å². The lowest BCUT2D eigenvalue weighted by atomic mass is 10.1. The largest absolute Gasteiger partial charge is 0.469 e. The Morgan fingerprint density at radius 1 is 1.25 bits per heavy atom. The molecular weight excluding hydrogens is 256 g/mol. The number of hydrogen-bond donors (Lipinski definition) is 1. The summed E-state index contributed by atoms with van der Waals surface area (Å²) in [7, 11) is 1.27. The Balaban J connectivity index is 2.07. The highest BCUT2D eigenvalue weighted by Gasteiger charge is 2.13. The van der Waals surface area contributed by atoms with Crippen LogP contribution in [0.3, 0.4) is 0 Å². The maximum atomic E-state index is 12.0. The summed E-state index contributed by atoms with van der Waals surface area (Å²) < 4.78 is 4.51. The molecule has 0 aliphatic carbocycles. The topological polar surface area (TPSA) is 72.1 Å². The first kappa shape index (κ1) is 12.3. The zero-order chi connectivity index (χ0) is 14.1. The molecule has 0 saturated carbocycles. The summed E-state index contributed by atoms with van der Waals surface area (Å²) in [6, 6.07) is 9.08. The number of nitrogens with zero attached hydrogens (tertiary/aromatic N) is 1. The zero-order valence-corrected chi connectivity index (χ0v) is 10.8. The summed E-state index contributed by atoms with van der Waals surface area (Å²) in [6.07, 6.45) is 1.46. The van der Waals surface area contributed by atoms with Crippen molar-refractivity contribution < 1.29 is 14.3 Å². The van der Waals surface area contributed by atoms with E-state index in [-0.39, 0.29) is 12.2 Å². The Hall–Kier alpha value is -2.69. The molecule has 2 heterocycles. The van der Waals surface area contributed by atoms with E-state index in [1.807, 2.05) is 18.2 Å². The van der Waals surface area contributed by atoms with Crippen LogP contribution < -0.4 is 0 Å². The summed E-state index contributed by atoms with van der Waals surface area (Å²) in [6.45, 7) is 0. The molecule has 0 bridgehead atoms. The number of carbonyl (C=O) groups excluding carboxylic acids is 2. The van der Waals surface area contributed by atoms with E-state index in [0.717, 1.165) is 21.9 Å². The smallest absolute Gasteiger partial charge is 0.313 e. The second-order valence-electron chi connectivity index (χ2n) is 4.46. The van der Waals surface area contributed by atoms with Crippen LogP contribution in [-0.4, -0.2) is 28.8 Å². The molecule has 0 aliphatic rings. The van der Waals surface area contributed by atoms with Gasteiger partial charge in [-0.05, 0) is 30.3 Å². The van der Waals surface area contributed by atoms with Gasteiger partial charge in [0, 0.05) is 28.0 Å². The lowest BCUT2D eigenvalue weighted by Gasteiger charge is -2.00. The quantitative estimate of drug-likeness (QED) is 0.450. The van der Waals surface area contributed by atoms with E-state index >= 15 is 0 Å². The van der Waals surface area contributed by atoms with E-state index in [2.05, 4.69) is 14.7 Å². The lowest BCUT2D eigenvalue weighted by Crippen LogP contribution is -2.09. The number of ketones is 1. The summed E-state index contributed by atoms with van der Waals surface area (Å²) in [5.74, 6) is -0.785. The molecule has 20 heavy (non-hydrogen) atoms. The molecule has 1 aromatic carbocycles. The number of nitrogens with one attached hydrogen (secondary N) is 1. The van der Waals surface area contributed by atoms with E-state index < -0.39 is 5.97 Å². The number of rotatable bonds is 3. The van der Waals surface area contributed by atoms with Crippen molar-refractivity contribution in [3.05, 3.63) is 42.1 Å². The number of aromatic nitrogens is 2. The Kier molecular flexibility index (Phi) is 2.95. The number of H-pyrrole nitrogens is 1. The van der Waals surface area contributed by atoms with Crippen molar-refractivity contribution in [2.45, 2.75) is 6.42 Å². The van der Waals surface area contributed by atoms with Crippen LogP contribution in [0.15, 0.2) is 36.5 Å². The number of hydrogen-bond acceptors (Lipinski definition) is 4. The van der Waals surface area contributed by atoms with Gasteiger partial charge in [-0.2, -0.15) is 0 Å². The minimum Gasteiger partial charge on any atom is -0.469 e. The van der Waals surface area contributed by atoms with Crippen LogP contribution in [0.5, 0.6) is 0 Å². The molecule has 0 atom stereocenters. The molecule has 0 radical (unpaired) electrons. The monoisotopic (exact) mass is 268 g/mol. The predicted octanol–water partition coefficient (Wildman–Crippen LogP) is 2.46. The van der Waals surface area contributed by atoms with Crippen LogP contribution >= 0.6 is 0 Å². The fraction of sp³-hybridized carbons (Fsp3) is 0.133. The zero-order valence-electron chi connectivity index (χ0n) is 10.8. The molecule has 0 unspecified atom stereocenters. The summed E-state index contributed by atoms with van der Waals surface area (Å²) in [5.41, 5.74) is 2.18. The van der Waals surface area contributed by atoms with Gasteiger partial charge in [-0.3, -0.25) is 9.59 Å². The van der Waals surface area contributed by atoms with E-state index in [0.29, 0.717) is 5.56 Å². The van der Waals surface area contributed by atoms with Crippen molar-refractivity contribution in [3.8, 4) is 0 Å². The van der Waals surface area contributed by atoms with E-state index in [4.69, 9.17) is 0 Å². The van der Waals surface area contributed by atoms with Gasteiger partial charge in [0.05, 0.1) is 7.11 Å². The Morgan fingerprint density at radius 3 is 2.90 bits per heavy atom. The standard InChI is InChI=1S/C15H12N2O3/c1-20-14(19)8-13(18)9-4-5-12-11(7-9)10-3-2-6-16-15(10)17-12/h2-7H,8H2,1H3,(H,16,17). The molecule has 0 aliphatic heterocycles. The third kappa shape index (κ3) is 2.03. The van der Waals surface area contributed by atoms with Gasteiger partial charge < -0.3 is 9.72 Å². The number of methoxy groups -OCH3 is 1. The lowest BCUT2D eigenvalue weighted by molar-refractivity contribution is -0.139. The second-order valence-corrected chi connectivity index (χ2v) is 4.46. The molecule has 0 fully saturated rings. The van der Waals surface area contributed by atoms with Gasteiger partial charge in [-0.1, -0.05) is 0 Å². The highest BCUT2D eigenvalue weighted by atomic mass is 16.5. The molecule has 1 N–H and O–H groups in total. The van der Waals surface area contributed by atoms with Gasteiger partial charge in [0.15, 0.2) is 5.78 Å². The molecular formula is C15H12N2O3. The minimum absolute atomic E-state index is 0.247. The fourth-order valence-electron chi connectivity index (χ4n) is 2.20. The normalized spacial score (nSPS) is 10.8. The first-order valence-electron chi connectivity index (χ1n) is 6.15. The molecule has 5 heteroatoms. The third-order valence-corrected chi connectivity index (χ3v) is 3.23. The third-order valence-electron chi connectivity index (χ3n) is 3.23. The van der Waals surface area contributed by atoms with Gasteiger partial charge in [0.1, 0.15) is 12.1 Å². The summed E-state index contributed by atoms with van der Waals surface area (Å²) in [5, 5.41) is 1.87. The predicted molar refractivity (Wildman–Crippen MR) is 74.6 cm³/mol. The number of esters is 1. The average Bonchev–Trinajstić information content (AvgIpc) is 2.84. The second kappa shape index (κ2) is 4.77. The number of fused-ring (bicyclic) bond motifs is 3. The van der Waals surface area contributed by atoms with Crippen molar-refractivity contribution in [1.82, 2.24) is 9.97 Å².